The molecule has 1 fully saturated rings. The van der Waals surface area contributed by atoms with Gasteiger partial charge >= 0.3 is 0 Å². The van der Waals surface area contributed by atoms with Gasteiger partial charge in [-0.1, -0.05) is 0 Å². The average molecular weight is 232 g/mol. The number of aliphatic hydroxyl groups excluding tert-OH is 1. The van der Waals surface area contributed by atoms with Crippen molar-refractivity contribution in [3.05, 3.63) is 0 Å². The molecule has 1 rings (SSSR count). The van der Waals surface area contributed by atoms with E-state index in [-0.39, 0.29) is 18.1 Å². The first kappa shape index (κ1) is 12.8. The molecular weight excluding hydrogens is 212 g/mol. The van der Waals surface area contributed by atoms with Gasteiger partial charge in [-0.05, 0) is 13.3 Å². The molecule has 0 bridgehead atoms. The molecule has 0 aromatic heterocycles. The maximum atomic E-state index is 11.9. The lowest BCUT2D eigenvalue weighted by atomic mass is 10.2. The highest BCUT2D eigenvalue weighted by Crippen LogP contribution is 2.09. The van der Waals surface area contributed by atoms with Crippen LogP contribution in [0.4, 0.5) is 0 Å². The van der Waals surface area contributed by atoms with Crippen molar-refractivity contribution in [2.75, 3.05) is 31.6 Å². The van der Waals surface area contributed by atoms with Gasteiger partial charge < -0.3 is 15.3 Å². The molecule has 2 atom stereocenters. The standard InChI is InChI=1S/C10H20N2O2S/c1-8(13)3-5-12(2)10(14)9-7-15-6-4-11-9/h8-9,11,13H,3-7H2,1-2H3. The molecule has 5 heteroatoms. The van der Waals surface area contributed by atoms with Crippen molar-refractivity contribution in [3.63, 3.8) is 0 Å². The van der Waals surface area contributed by atoms with E-state index in [2.05, 4.69) is 5.32 Å². The third-order valence-corrected chi connectivity index (χ3v) is 3.54. The van der Waals surface area contributed by atoms with E-state index in [4.69, 9.17) is 5.11 Å². The van der Waals surface area contributed by atoms with E-state index in [1.165, 1.54) is 0 Å². The summed E-state index contributed by atoms with van der Waals surface area (Å²) in [5, 5.41) is 12.3. The highest BCUT2D eigenvalue weighted by molar-refractivity contribution is 7.99. The molecule has 2 unspecified atom stereocenters. The van der Waals surface area contributed by atoms with Crippen LogP contribution in [0.15, 0.2) is 0 Å². The lowest BCUT2D eigenvalue weighted by molar-refractivity contribution is -0.131. The van der Waals surface area contributed by atoms with Crippen molar-refractivity contribution < 1.29 is 9.90 Å². The Kier molecular flexibility index (Phi) is 5.42. The van der Waals surface area contributed by atoms with Crippen LogP contribution in [0.25, 0.3) is 0 Å². The van der Waals surface area contributed by atoms with E-state index in [1.807, 2.05) is 11.8 Å². The zero-order valence-corrected chi connectivity index (χ0v) is 10.2. The van der Waals surface area contributed by atoms with Crippen molar-refractivity contribution in [1.29, 1.82) is 0 Å². The van der Waals surface area contributed by atoms with Crippen LogP contribution in [0.1, 0.15) is 13.3 Å². The summed E-state index contributed by atoms with van der Waals surface area (Å²) in [4.78, 5) is 13.6. The number of nitrogens with one attached hydrogen (secondary N) is 1. The molecule has 2 N–H and O–H groups in total. The Morgan fingerprint density at radius 2 is 2.47 bits per heavy atom. The first-order chi connectivity index (χ1) is 7.11. The number of aliphatic hydroxyl groups is 1. The summed E-state index contributed by atoms with van der Waals surface area (Å²) in [7, 11) is 1.80. The second-order valence-electron chi connectivity index (χ2n) is 3.98. The first-order valence-electron chi connectivity index (χ1n) is 5.35. The summed E-state index contributed by atoms with van der Waals surface area (Å²) in [5.41, 5.74) is 0. The molecule has 1 saturated heterocycles. The van der Waals surface area contributed by atoms with E-state index < -0.39 is 0 Å². The van der Waals surface area contributed by atoms with Crippen molar-refractivity contribution in [2.24, 2.45) is 0 Å². The molecular formula is C10H20N2O2S. The number of nitrogens with zero attached hydrogens (tertiary/aromatic N) is 1. The SMILES string of the molecule is CC(O)CCN(C)C(=O)C1CSCCN1. The van der Waals surface area contributed by atoms with Gasteiger partial charge in [-0.3, -0.25) is 4.79 Å². The van der Waals surface area contributed by atoms with Gasteiger partial charge in [0.25, 0.3) is 0 Å². The van der Waals surface area contributed by atoms with Crippen LogP contribution < -0.4 is 5.32 Å². The number of amides is 1. The van der Waals surface area contributed by atoms with Gasteiger partial charge in [-0.25, -0.2) is 0 Å². The van der Waals surface area contributed by atoms with E-state index in [0.29, 0.717) is 13.0 Å². The second-order valence-corrected chi connectivity index (χ2v) is 5.13. The third kappa shape index (κ3) is 4.40. The summed E-state index contributed by atoms with van der Waals surface area (Å²) >= 11 is 1.81. The zero-order chi connectivity index (χ0) is 11.3. The van der Waals surface area contributed by atoms with Gasteiger partial charge in [0.15, 0.2) is 0 Å². The molecule has 0 saturated carbocycles. The minimum Gasteiger partial charge on any atom is -0.393 e. The van der Waals surface area contributed by atoms with Crippen molar-refractivity contribution in [3.8, 4) is 0 Å². The van der Waals surface area contributed by atoms with Gasteiger partial charge in [0, 0.05) is 31.6 Å². The van der Waals surface area contributed by atoms with Gasteiger partial charge in [0.2, 0.25) is 5.91 Å². The van der Waals surface area contributed by atoms with Crippen LogP contribution >= 0.6 is 11.8 Å². The molecule has 0 radical (unpaired) electrons. The number of carbonyl (C=O) groups is 1. The fourth-order valence-electron chi connectivity index (χ4n) is 1.48. The summed E-state index contributed by atoms with van der Waals surface area (Å²) in [6.07, 6.45) is 0.302. The predicted molar refractivity (Wildman–Crippen MR) is 63.1 cm³/mol. The fraction of sp³-hybridized carbons (Fsp3) is 0.900. The van der Waals surface area contributed by atoms with Crippen molar-refractivity contribution in [1.82, 2.24) is 10.2 Å². The molecule has 1 aliphatic heterocycles. The zero-order valence-electron chi connectivity index (χ0n) is 9.40. The fourth-order valence-corrected chi connectivity index (χ4v) is 2.41. The van der Waals surface area contributed by atoms with Gasteiger partial charge in [0.1, 0.15) is 0 Å². The number of likely N-dealkylation sites (N-methyl/N-ethyl adjacent to an activating group) is 1. The normalized spacial score (nSPS) is 23.5. The monoisotopic (exact) mass is 232 g/mol. The lowest BCUT2D eigenvalue weighted by Crippen LogP contribution is -2.49. The third-order valence-electron chi connectivity index (χ3n) is 2.48. The average Bonchev–Trinajstić information content (AvgIpc) is 2.26. The topological polar surface area (TPSA) is 52.6 Å². The molecule has 88 valence electrons. The van der Waals surface area contributed by atoms with Crippen molar-refractivity contribution in [2.45, 2.75) is 25.5 Å². The van der Waals surface area contributed by atoms with Gasteiger partial charge in [-0.2, -0.15) is 11.8 Å². The Hall–Kier alpha value is -0.260. The highest BCUT2D eigenvalue weighted by atomic mass is 32.2. The summed E-state index contributed by atoms with van der Waals surface area (Å²) in [5.74, 6) is 2.09. The molecule has 1 aliphatic rings. The van der Waals surface area contributed by atoms with Crippen LogP contribution in [0.2, 0.25) is 0 Å². The molecule has 1 amide bonds. The van der Waals surface area contributed by atoms with E-state index in [9.17, 15) is 4.79 Å². The second kappa shape index (κ2) is 6.35. The maximum absolute atomic E-state index is 11.9. The molecule has 15 heavy (non-hydrogen) atoms. The quantitative estimate of drug-likeness (QED) is 0.712. The van der Waals surface area contributed by atoms with E-state index in [1.54, 1.807) is 18.9 Å². The molecule has 1 heterocycles. The van der Waals surface area contributed by atoms with Crippen LogP contribution in [-0.4, -0.2) is 59.7 Å². The van der Waals surface area contributed by atoms with E-state index in [0.717, 1.165) is 18.1 Å². The van der Waals surface area contributed by atoms with Crippen LogP contribution in [0, 0.1) is 0 Å². The van der Waals surface area contributed by atoms with E-state index >= 15 is 0 Å². The summed E-state index contributed by atoms with van der Waals surface area (Å²) < 4.78 is 0. The first-order valence-corrected chi connectivity index (χ1v) is 6.51. The number of rotatable bonds is 4. The van der Waals surface area contributed by atoms with Crippen molar-refractivity contribution >= 4 is 17.7 Å². The largest absolute Gasteiger partial charge is 0.393 e. The Morgan fingerprint density at radius 1 is 1.73 bits per heavy atom. The number of thioether (sulfide) groups is 1. The Labute approximate surface area is 95.4 Å². The maximum Gasteiger partial charge on any atom is 0.240 e. The number of hydrogen-bond donors (Lipinski definition) is 2. The highest BCUT2D eigenvalue weighted by Gasteiger charge is 2.23. The number of carbonyl (C=O) groups excluding carboxylic acids is 1. The molecule has 0 aromatic rings. The lowest BCUT2D eigenvalue weighted by Gasteiger charge is -2.27. The minimum absolute atomic E-state index is 0.0391. The molecule has 0 spiro atoms. The Bertz CT molecular complexity index is 206. The summed E-state index contributed by atoms with van der Waals surface area (Å²) in [6.45, 7) is 3.28. The van der Waals surface area contributed by atoms with Gasteiger partial charge in [0.05, 0.1) is 12.1 Å². The summed E-state index contributed by atoms with van der Waals surface area (Å²) in [6, 6.07) is -0.0391. The van der Waals surface area contributed by atoms with Crippen LogP contribution in [0.3, 0.4) is 0 Å². The Balaban J connectivity index is 2.30. The Morgan fingerprint density at radius 3 is 3.00 bits per heavy atom. The minimum atomic E-state index is -0.339. The molecule has 0 aromatic carbocycles. The smallest absolute Gasteiger partial charge is 0.240 e. The van der Waals surface area contributed by atoms with Crippen LogP contribution in [0.5, 0.6) is 0 Å². The number of hydrogen-bond acceptors (Lipinski definition) is 4. The predicted octanol–water partition coefficient (Wildman–Crippen LogP) is -0.0793. The van der Waals surface area contributed by atoms with Crippen LogP contribution in [-0.2, 0) is 4.79 Å². The molecule has 4 nitrogen and oxygen atoms in total. The van der Waals surface area contributed by atoms with Gasteiger partial charge in [-0.15, -0.1) is 0 Å². The molecule has 0 aliphatic carbocycles.